The molecule has 0 atom stereocenters. The molecule has 0 saturated carbocycles. The molecule has 0 unspecified atom stereocenters. The van der Waals surface area contributed by atoms with Gasteiger partial charge in [-0.3, -0.25) is 9.69 Å². The Labute approximate surface area is 121 Å². The molecule has 1 heterocycles. The van der Waals surface area contributed by atoms with E-state index in [1.54, 1.807) is 42.6 Å². The summed E-state index contributed by atoms with van der Waals surface area (Å²) in [6, 6.07) is 13.9. The number of aromatic amines is 1. The van der Waals surface area contributed by atoms with E-state index in [0.717, 1.165) is 0 Å². The summed E-state index contributed by atoms with van der Waals surface area (Å²) in [6.07, 6.45) is 1.59. The van der Waals surface area contributed by atoms with E-state index >= 15 is 0 Å². The van der Waals surface area contributed by atoms with Crippen molar-refractivity contribution in [3.8, 4) is 6.07 Å². The summed E-state index contributed by atoms with van der Waals surface area (Å²) >= 11 is 0. The van der Waals surface area contributed by atoms with E-state index in [1.165, 1.54) is 4.90 Å². The number of benzene rings is 1. The molecule has 0 spiro atoms. The molecule has 1 amide bonds. The summed E-state index contributed by atoms with van der Waals surface area (Å²) in [5, 5.41) is 8.82. The number of hydrogen-bond donors (Lipinski definition) is 1. The summed E-state index contributed by atoms with van der Waals surface area (Å²) < 4.78 is 4.93. The fourth-order valence-corrected chi connectivity index (χ4v) is 1.74. The Bertz CT molecular complexity index is 645. The molecule has 0 saturated heterocycles. The van der Waals surface area contributed by atoms with Crippen LogP contribution in [0.3, 0.4) is 0 Å². The van der Waals surface area contributed by atoms with Crippen LogP contribution in [0.2, 0.25) is 0 Å². The molecule has 6 nitrogen and oxygen atoms in total. The molecule has 0 radical (unpaired) electrons. The van der Waals surface area contributed by atoms with Crippen LogP contribution >= 0.6 is 0 Å². The topological polar surface area (TPSA) is 86.2 Å². The Morgan fingerprint density at radius 3 is 2.57 bits per heavy atom. The highest BCUT2D eigenvalue weighted by atomic mass is 16.5. The van der Waals surface area contributed by atoms with E-state index in [1.807, 2.05) is 12.1 Å². The number of amides is 1. The van der Waals surface area contributed by atoms with Crippen LogP contribution in [0.25, 0.3) is 0 Å². The second-order valence-electron chi connectivity index (χ2n) is 4.13. The van der Waals surface area contributed by atoms with E-state index in [2.05, 4.69) is 4.98 Å². The van der Waals surface area contributed by atoms with Crippen LogP contribution in [-0.2, 0) is 9.53 Å². The van der Waals surface area contributed by atoms with Gasteiger partial charge in [0.15, 0.2) is 6.61 Å². The van der Waals surface area contributed by atoms with Gasteiger partial charge in [-0.05, 0) is 24.3 Å². The maximum atomic E-state index is 12.1. The van der Waals surface area contributed by atoms with Crippen molar-refractivity contribution in [3.05, 3.63) is 54.4 Å². The molecule has 0 bridgehead atoms. The van der Waals surface area contributed by atoms with E-state index in [0.29, 0.717) is 5.69 Å². The largest absolute Gasteiger partial charge is 0.451 e. The van der Waals surface area contributed by atoms with Gasteiger partial charge in [-0.1, -0.05) is 18.2 Å². The van der Waals surface area contributed by atoms with Gasteiger partial charge in [-0.2, -0.15) is 5.26 Å². The number of nitrogens with one attached hydrogen (secondary N) is 1. The van der Waals surface area contributed by atoms with Crippen LogP contribution in [0, 0.1) is 11.3 Å². The number of esters is 1. The van der Waals surface area contributed by atoms with Crippen molar-refractivity contribution in [2.45, 2.75) is 0 Å². The molecule has 106 valence electrons. The first-order valence-electron chi connectivity index (χ1n) is 6.25. The third kappa shape index (κ3) is 3.70. The van der Waals surface area contributed by atoms with Gasteiger partial charge in [0.1, 0.15) is 12.2 Å². The van der Waals surface area contributed by atoms with Crippen molar-refractivity contribution in [1.29, 1.82) is 5.26 Å². The average Bonchev–Trinajstić information content (AvgIpc) is 3.05. The van der Waals surface area contributed by atoms with E-state index < -0.39 is 18.5 Å². The van der Waals surface area contributed by atoms with Gasteiger partial charge < -0.3 is 9.72 Å². The molecule has 2 aromatic rings. The normalized spacial score (nSPS) is 9.67. The van der Waals surface area contributed by atoms with Gasteiger partial charge in [0, 0.05) is 11.9 Å². The van der Waals surface area contributed by atoms with E-state index in [9.17, 15) is 9.59 Å². The van der Waals surface area contributed by atoms with Gasteiger partial charge in [0.25, 0.3) is 5.91 Å². The zero-order valence-electron chi connectivity index (χ0n) is 11.2. The Morgan fingerprint density at radius 1 is 1.19 bits per heavy atom. The lowest BCUT2D eigenvalue weighted by atomic mass is 10.3. The maximum Gasteiger partial charge on any atom is 0.355 e. The molecule has 1 aromatic heterocycles. The molecule has 1 N–H and O–H groups in total. The lowest BCUT2D eigenvalue weighted by Crippen LogP contribution is -2.35. The number of nitrogens with zero attached hydrogens (tertiary/aromatic N) is 2. The Hall–Kier alpha value is -3.07. The lowest BCUT2D eigenvalue weighted by Gasteiger charge is -2.19. The Balaban J connectivity index is 2.00. The zero-order chi connectivity index (χ0) is 15.1. The van der Waals surface area contributed by atoms with Crippen molar-refractivity contribution in [2.24, 2.45) is 0 Å². The number of carbonyl (C=O) groups is 2. The van der Waals surface area contributed by atoms with Crippen molar-refractivity contribution in [1.82, 2.24) is 4.98 Å². The monoisotopic (exact) mass is 283 g/mol. The highest BCUT2D eigenvalue weighted by molar-refractivity contribution is 5.96. The predicted molar refractivity (Wildman–Crippen MR) is 75.5 cm³/mol. The molecule has 1 aromatic carbocycles. The number of anilines is 1. The molecule has 0 aliphatic carbocycles. The zero-order valence-corrected chi connectivity index (χ0v) is 11.2. The van der Waals surface area contributed by atoms with Crippen LogP contribution in [0.4, 0.5) is 5.69 Å². The predicted octanol–water partition coefficient (Wildman–Crippen LogP) is 1.73. The van der Waals surface area contributed by atoms with Gasteiger partial charge in [0.2, 0.25) is 0 Å². The summed E-state index contributed by atoms with van der Waals surface area (Å²) in [5.41, 5.74) is 0.856. The van der Waals surface area contributed by atoms with Crippen molar-refractivity contribution >= 4 is 17.6 Å². The van der Waals surface area contributed by atoms with Crippen molar-refractivity contribution in [3.63, 3.8) is 0 Å². The van der Waals surface area contributed by atoms with Crippen molar-refractivity contribution in [2.75, 3.05) is 18.1 Å². The first-order valence-corrected chi connectivity index (χ1v) is 6.25. The number of ether oxygens (including phenoxy) is 1. The number of rotatable bonds is 5. The number of H-pyrrole nitrogens is 1. The standard InChI is InChI=1S/C15H13N3O3/c16-8-10-18(12-5-2-1-3-6-12)14(19)11-21-15(20)13-7-4-9-17-13/h1-7,9,17H,10-11H2. The molecule has 6 heteroatoms. The van der Waals surface area contributed by atoms with Gasteiger partial charge in [-0.15, -0.1) is 0 Å². The lowest BCUT2D eigenvalue weighted by molar-refractivity contribution is -0.121. The SMILES string of the molecule is N#CCN(C(=O)COC(=O)c1ccc[nH]1)c1ccccc1. The number of aromatic nitrogens is 1. The fourth-order valence-electron chi connectivity index (χ4n) is 1.74. The summed E-state index contributed by atoms with van der Waals surface area (Å²) in [4.78, 5) is 27.7. The minimum Gasteiger partial charge on any atom is -0.451 e. The van der Waals surface area contributed by atoms with E-state index in [-0.39, 0.29) is 12.2 Å². The first-order chi connectivity index (χ1) is 10.2. The van der Waals surface area contributed by atoms with Crippen LogP contribution in [0.1, 0.15) is 10.5 Å². The molecule has 0 aliphatic heterocycles. The van der Waals surface area contributed by atoms with Gasteiger partial charge >= 0.3 is 5.97 Å². The average molecular weight is 283 g/mol. The van der Waals surface area contributed by atoms with Gasteiger partial charge in [0.05, 0.1) is 6.07 Å². The Kier molecular flexibility index (Phi) is 4.72. The number of carbonyl (C=O) groups excluding carboxylic acids is 2. The highest BCUT2D eigenvalue weighted by Crippen LogP contribution is 2.13. The Morgan fingerprint density at radius 2 is 1.95 bits per heavy atom. The quantitative estimate of drug-likeness (QED) is 0.668. The second-order valence-corrected chi connectivity index (χ2v) is 4.13. The minimum absolute atomic E-state index is 0.108. The smallest absolute Gasteiger partial charge is 0.355 e. The molecular formula is C15H13N3O3. The highest BCUT2D eigenvalue weighted by Gasteiger charge is 2.18. The van der Waals surface area contributed by atoms with Crippen LogP contribution in [0.5, 0.6) is 0 Å². The van der Waals surface area contributed by atoms with E-state index in [4.69, 9.17) is 10.00 Å². The summed E-state index contributed by atoms with van der Waals surface area (Å²) in [6.45, 7) is -0.530. The molecule has 0 fully saturated rings. The number of para-hydroxylation sites is 1. The van der Waals surface area contributed by atoms with Gasteiger partial charge in [-0.25, -0.2) is 4.79 Å². The van der Waals surface area contributed by atoms with Crippen LogP contribution in [-0.4, -0.2) is 30.0 Å². The number of nitriles is 1. The minimum atomic E-state index is -0.613. The third-order valence-corrected chi connectivity index (χ3v) is 2.74. The third-order valence-electron chi connectivity index (χ3n) is 2.74. The van der Waals surface area contributed by atoms with Crippen molar-refractivity contribution < 1.29 is 14.3 Å². The van der Waals surface area contributed by atoms with Crippen LogP contribution in [0.15, 0.2) is 48.7 Å². The molecular weight excluding hydrogens is 270 g/mol. The first kappa shape index (κ1) is 14.3. The second kappa shape index (κ2) is 6.91. The number of hydrogen-bond acceptors (Lipinski definition) is 4. The van der Waals surface area contributed by atoms with Crippen LogP contribution < -0.4 is 4.90 Å². The molecule has 0 aliphatic rings. The summed E-state index contributed by atoms with van der Waals surface area (Å²) in [7, 11) is 0. The fraction of sp³-hybridized carbons (Fsp3) is 0.133. The summed E-state index contributed by atoms with van der Waals surface area (Å²) in [5.74, 6) is -1.07. The maximum absolute atomic E-state index is 12.1. The molecule has 21 heavy (non-hydrogen) atoms. The molecule has 2 rings (SSSR count).